The van der Waals surface area contributed by atoms with Gasteiger partial charge in [-0.3, -0.25) is 4.79 Å². The number of anilines is 1. The van der Waals surface area contributed by atoms with Gasteiger partial charge in [0.2, 0.25) is 0 Å². The average molecular weight is 289 g/mol. The predicted molar refractivity (Wildman–Crippen MR) is 82.4 cm³/mol. The van der Waals surface area contributed by atoms with Crippen LogP contribution in [0.1, 0.15) is 38.7 Å². The normalized spacial score (nSPS) is 18.4. The van der Waals surface area contributed by atoms with Gasteiger partial charge in [-0.25, -0.2) is 4.79 Å². The third kappa shape index (κ3) is 4.06. The van der Waals surface area contributed by atoms with Crippen molar-refractivity contribution in [1.29, 1.82) is 0 Å². The van der Waals surface area contributed by atoms with Gasteiger partial charge in [0.1, 0.15) is 11.8 Å². The maximum absolute atomic E-state index is 12.1. The molecule has 0 amide bonds. The number of benzene rings is 1. The third-order valence-electron chi connectivity index (χ3n) is 3.78. The van der Waals surface area contributed by atoms with Crippen molar-refractivity contribution in [2.75, 3.05) is 18.1 Å². The Balaban J connectivity index is 2.13. The van der Waals surface area contributed by atoms with Crippen molar-refractivity contribution in [3.8, 4) is 0 Å². The fraction of sp³-hybridized carbons (Fsp3) is 0.529. The predicted octanol–water partition coefficient (Wildman–Crippen LogP) is 2.74. The quantitative estimate of drug-likeness (QED) is 0.782. The van der Waals surface area contributed by atoms with Gasteiger partial charge in [-0.05, 0) is 50.8 Å². The van der Waals surface area contributed by atoms with Crippen LogP contribution in [0.3, 0.4) is 0 Å². The topological polar surface area (TPSA) is 46.6 Å². The zero-order chi connectivity index (χ0) is 15.2. The highest BCUT2D eigenvalue weighted by molar-refractivity contribution is 5.81. The average Bonchev–Trinajstić information content (AvgIpc) is 2.48. The Morgan fingerprint density at radius 3 is 2.57 bits per heavy atom. The highest BCUT2D eigenvalue weighted by Crippen LogP contribution is 2.26. The molecule has 2 rings (SSSR count). The molecule has 1 saturated heterocycles. The summed E-state index contributed by atoms with van der Waals surface area (Å²) in [5.41, 5.74) is 2.04. The van der Waals surface area contributed by atoms with Crippen LogP contribution in [0.5, 0.6) is 0 Å². The number of nitrogens with zero attached hydrogens (tertiary/aromatic N) is 1. The number of hydrogen-bond acceptors (Lipinski definition) is 4. The second kappa shape index (κ2) is 7.25. The molecule has 0 radical (unpaired) electrons. The number of esters is 1. The van der Waals surface area contributed by atoms with E-state index >= 15 is 0 Å². The fourth-order valence-corrected chi connectivity index (χ4v) is 2.82. The van der Waals surface area contributed by atoms with Gasteiger partial charge in [0.15, 0.2) is 0 Å². The Bertz CT molecular complexity index is 495. The lowest BCUT2D eigenvalue weighted by atomic mass is 10.0. The summed E-state index contributed by atoms with van der Waals surface area (Å²) < 4.78 is 5.18. The lowest BCUT2D eigenvalue weighted by Gasteiger charge is -2.35. The SMILES string of the molecule is CCOC(=O)C1CCCCN1c1ccc(CC(C)=O)cc1. The first-order valence-electron chi connectivity index (χ1n) is 7.63. The van der Waals surface area contributed by atoms with E-state index in [9.17, 15) is 9.59 Å². The van der Waals surface area contributed by atoms with Crippen LogP contribution in [0.4, 0.5) is 5.69 Å². The van der Waals surface area contributed by atoms with Crippen molar-refractivity contribution in [3.63, 3.8) is 0 Å². The molecule has 1 heterocycles. The Kier molecular flexibility index (Phi) is 5.37. The Hall–Kier alpha value is -1.84. The van der Waals surface area contributed by atoms with Crippen molar-refractivity contribution in [2.24, 2.45) is 0 Å². The van der Waals surface area contributed by atoms with Crippen molar-refractivity contribution in [2.45, 2.75) is 45.6 Å². The van der Waals surface area contributed by atoms with Gasteiger partial charge < -0.3 is 9.64 Å². The molecule has 1 atom stereocenters. The molecular formula is C17H23NO3. The van der Waals surface area contributed by atoms with Crippen molar-refractivity contribution < 1.29 is 14.3 Å². The number of hydrogen-bond donors (Lipinski definition) is 0. The number of carbonyl (C=O) groups excluding carboxylic acids is 2. The first-order chi connectivity index (χ1) is 10.1. The smallest absolute Gasteiger partial charge is 0.328 e. The highest BCUT2D eigenvalue weighted by atomic mass is 16.5. The van der Waals surface area contributed by atoms with E-state index in [2.05, 4.69) is 4.90 Å². The monoisotopic (exact) mass is 289 g/mol. The van der Waals surface area contributed by atoms with E-state index < -0.39 is 0 Å². The molecule has 0 bridgehead atoms. The number of piperidine rings is 1. The van der Waals surface area contributed by atoms with E-state index in [1.165, 1.54) is 0 Å². The molecular weight excluding hydrogens is 266 g/mol. The van der Waals surface area contributed by atoms with Gasteiger partial charge >= 0.3 is 5.97 Å². The van der Waals surface area contributed by atoms with E-state index in [-0.39, 0.29) is 17.8 Å². The summed E-state index contributed by atoms with van der Waals surface area (Å²) in [5.74, 6) is 0.0233. The van der Waals surface area contributed by atoms with Gasteiger partial charge in [-0.15, -0.1) is 0 Å². The summed E-state index contributed by atoms with van der Waals surface area (Å²) in [5, 5.41) is 0. The first-order valence-corrected chi connectivity index (χ1v) is 7.63. The van der Waals surface area contributed by atoms with Crippen LogP contribution in [0.15, 0.2) is 24.3 Å². The molecule has 1 fully saturated rings. The van der Waals surface area contributed by atoms with Gasteiger partial charge in [0.05, 0.1) is 6.61 Å². The Labute approximate surface area is 126 Å². The summed E-state index contributed by atoms with van der Waals surface area (Å²) in [6.45, 7) is 4.72. The molecule has 4 nitrogen and oxygen atoms in total. The van der Waals surface area contributed by atoms with Crippen molar-refractivity contribution in [1.82, 2.24) is 0 Å². The maximum Gasteiger partial charge on any atom is 0.328 e. The molecule has 0 aromatic heterocycles. The number of Topliss-reactive ketones (excluding diaryl/α,β-unsaturated/α-hetero) is 1. The molecule has 1 aliphatic heterocycles. The summed E-state index contributed by atoms with van der Waals surface area (Å²) in [7, 11) is 0. The molecule has 1 aliphatic rings. The van der Waals surface area contributed by atoms with Crippen molar-refractivity contribution in [3.05, 3.63) is 29.8 Å². The van der Waals surface area contributed by atoms with Crippen LogP contribution in [0.2, 0.25) is 0 Å². The number of carbonyl (C=O) groups is 2. The lowest BCUT2D eigenvalue weighted by molar-refractivity contribution is -0.145. The van der Waals surface area contributed by atoms with Crippen LogP contribution in [-0.4, -0.2) is 30.9 Å². The largest absolute Gasteiger partial charge is 0.464 e. The molecule has 1 aromatic carbocycles. The summed E-state index contributed by atoms with van der Waals surface area (Å²) in [6.07, 6.45) is 3.45. The van der Waals surface area contributed by atoms with Gasteiger partial charge in [0.25, 0.3) is 0 Å². The maximum atomic E-state index is 12.1. The minimum absolute atomic E-state index is 0.134. The van der Waals surface area contributed by atoms with Gasteiger partial charge in [0, 0.05) is 18.7 Å². The fourth-order valence-electron chi connectivity index (χ4n) is 2.82. The number of ether oxygens (including phenoxy) is 1. The zero-order valence-corrected chi connectivity index (χ0v) is 12.8. The van der Waals surface area contributed by atoms with E-state index in [1.807, 2.05) is 31.2 Å². The molecule has 0 aliphatic carbocycles. The molecule has 0 N–H and O–H groups in total. The van der Waals surface area contributed by atoms with Gasteiger partial charge in [-0.2, -0.15) is 0 Å². The second-order valence-corrected chi connectivity index (χ2v) is 5.50. The van der Waals surface area contributed by atoms with E-state index in [0.29, 0.717) is 13.0 Å². The molecule has 1 unspecified atom stereocenters. The summed E-state index contributed by atoms with van der Waals surface area (Å²) in [4.78, 5) is 25.4. The minimum Gasteiger partial charge on any atom is -0.464 e. The summed E-state index contributed by atoms with van der Waals surface area (Å²) >= 11 is 0. The highest BCUT2D eigenvalue weighted by Gasteiger charge is 2.29. The van der Waals surface area contributed by atoms with Crippen LogP contribution < -0.4 is 4.90 Å². The second-order valence-electron chi connectivity index (χ2n) is 5.50. The van der Waals surface area contributed by atoms with Crippen molar-refractivity contribution >= 4 is 17.4 Å². The zero-order valence-electron chi connectivity index (χ0n) is 12.8. The molecule has 114 valence electrons. The Morgan fingerprint density at radius 2 is 1.95 bits per heavy atom. The molecule has 0 saturated carbocycles. The van der Waals surface area contributed by atoms with Crippen LogP contribution in [0.25, 0.3) is 0 Å². The van der Waals surface area contributed by atoms with E-state index in [1.54, 1.807) is 6.92 Å². The molecule has 0 spiro atoms. The van der Waals surface area contributed by atoms with E-state index in [4.69, 9.17) is 4.74 Å². The molecule has 21 heavy (non-hydrogen) atoms. The standard InChI is InChI=1S/C17H23NO3/c1-3-21-17(20)16-6-4-5-11-18(16)15-9-7-14(8-10-15)12-13(2)19/h7-10,16H,3-6,11-12H2,1-2H3. The van der Waals surface area contributed by atoms with Gasteiger partial charge in [-0.1, -0.05) is 12.1 Å². The summed E-state index contributed by atoms with van der Waals surface area (Å²) in [6, 6.07) is 7.74. The van der Waals surface area contributed by atoms with E-state index in [0.717, 1.165) is 37.1 Å². The van der Waals surface area contributed by atoms with Crippen LogP contribution >= 0.6 is 0 Å². The lowest BCUT2D eigenvalue weighted by Crippen LogP contribution is -2.45. The first kappa shape index (κ1) is 15.5. The Morgan fingerprint density at radius 1 is 1.24 bits per heavy atom. The van der Waals surface area contributed by atoms with Crippen LogP contribution in [0, 0.1) is 0 Å². The number of ketones is 1. The third-order valence-corrected chi connectivity index (χ3v) is 3.78. The molecule has 1 aromatic rings. The molecule has 4 heteroatoms. The minimum atomic E-state index is -0.183. The number of rotatable bonds is 5. The van der Waals surface area contributed by atoms with Crippen LogP contribution in [-0.2, 0) is 20.7 Å².